The number of nitrogens with zero attached hydrogens (tertiary/aromatic N) is 2. The summed E-state index contributed by atoms with van der Waals surface area (Å²) in [5.74, 6) is -0.284. The number of hydrogen-bond donors (Lipinski definition) is 2. The first-order valence-corrected chi connectivity index (χ1v) is 8.26. The van der Waals surface area contributed by atoms with Gasteiger partial charge in [-0.05, 0) is 37.1 Å². The van der Waals surface area contributed by atoms with Crippen molar-refractivity contribution in [1.82, 2.24) is 10.2 Å². The molecule has 7 nitrogen and oxygen atoms in total. The van der Waals surface area contributed by atoms with Gasteiger partial charge in [-0.1, -0.05) is 25.0 Å². The summed E-state index contributed by atoms with van der Waals surface area (Å²) in [6.07, 6.45) is 4.72. The fourth-order valence-corrected chi connectivity index (χ4v) is 2.88. The lowest BCUT2D eigenvalue weighted by atomic mass is 10.1. The quantitative estimate of drug-likeness (QED) is 0.813. The maximum atomic E-state index is 12.3. The van der Waals surface area contributed by atoms with E-state index in [-0.39, 0.29) is 11.3 Å². The van der Waals surface area contributed by atoms with Crippen LogP contribution in [0.4, 0.5) is 11.5 Å². The van der Waals surface area contributed by atoms with Crippen molar-refractivity contribution >= 4 is 23.4 Å². The minimum atomic E-state index is -0.516. The molecule has 3 rings (SSSR count). The molecular weight excluding hydrogens is 320 g/mol. The van der Waals surface area contributed by atoms with Crippen LogP contribution in [-0.2, 0) is 4.74 Å². The lowest BCUT2D eigenvalue weighted by Crippen LogP contribution is -2.19. The Kier molecular flexibility index (Phi) is 5.23. The van der Waals surface area contributed by atoms with Crippen molar-refractivity contribution in [3.63, 3.8) is 0 Å². The number of carbonyl (C=O) groups is 2. The van der Waals surface area contributed by atoms with E-state index >= 15 is 0 Å². The Hall–Kier alpha value is -2.96. The monoisotopic (exact) mass is 340 g/mol. The number of aromatic nitrogens is 2. The molecule has 0 unspecified atom stereocenters. The number of methoxy groups -OCH3 is 1. The molecule has 1 aromatic heterocycles. The summed E-state index contributed by atoms with van der Waals surface area (Å²) >= 11 is 0. The summed E-state index contributed by atoms with van der Waals surface area (Å²) in [5.41, 5.74) is 0.830. The van der Waals surface area contributed by atoms with Crippen molar-refractivity contribution < 1.29 is 14.3 Å². The largest absolute Gasteiger partial charge is 0.465 e. The summed E-state index contributed by atoms with van der Waals surface area (Å²) in [6, 6.07) is 10.4. The van der Waals surface area contributed by atoms with Crippen LogP contribution in [0.2, 0.25) is 0 Å². The molecule has 1 fully saturated rings. The zero-order valence-corrected chi connectivity index (χ0v) is 14.0. The molecule has 2 N–H and O–H groups in total. The summed E-state index contributed by atoms with van der Waals surface area (Å²) in [7, 11) is 1.29. The van der Waals surface area contributed by atoms with E-state index in [1.165, 1.54) is 20.0 Å². The Bertz CT molecular complexity index is 755. The highest BCUT2D eigenvalue weighted by molar-refractivity contribution is 6.07. The Balaban J connectivity index is 1.68. The molecule has 0 atom stereocenters. The normalized spacial score (nSPS) is 14.1. The van der Waals surface area contributed by atoms with Crippen molar-refractivity contribution in [2.24, 2.45) is 0 Å². The number of ether oxygens (including phenoxy) is 1. The van der Waals surface area contributed by atoms with Gasteiger partial charge in [-0.3, -0.25) is 4.79 Å². The van der Waals surface area contributed by atoms with Gasteiger partial charge in [-0.25, -0.2) is 4.79 Å². The lowest BCUT2D eigenvalue weighted by molar-refractivity contribution is 0.0602. The van der Waals surface area contributed by atoms with E-state index in [0.29, 0.717) is 17.5 Å². The average molecular weight is 340 g/mol. The Morgan fingerprint density at radius 1 is 1.08 bits per heavy atom. The molecule has 0 radical (unpaired) electrons. The first-order chi connectivity index (χ1) is 12.2. The fourth-order valence-electron chi connectivity index (χ4n) is 2.88. The molecule has 1 saturated carbocycles. The Labute approximate surface area is 145 Å². The van der Waals surface area contributed by atoms with E-state index < -0.39 is 11.9 Å². The third-order valence-electron chi connectivity index (χ3n) is 4.18. The maximum absolute atomic E-state index is 12.3. The number of hydrogen-bond acceptors (Lipinski definition) is 6. The van der Waals surface area contributed by atoms with Gasteiger partial charge in [0.05, 0.1) is 18.4 Å². The molecule has 0 spiro atoms. The average Bonchev–Trinajstić information content (AvgIpc) is 3.15. The first kappa shape index (κ1) is 16.9. The standard InChI is InChI=1S/C18H20N4O3/c1-25-18(24)13-8-4-5-9-14(13)20-17(23)15-10-11-16(22-21-15)19-12-6-2-3-7-12/h4-5,8-12H,2-3,6-7H2,1H3,(H,19,22)(H,20,23). The summed E-state index contributed by atoms with van der Waals surface area (Å²) < 4.78 is 4.72. The highest BCUT2D eigenvalue weighted by atomic mass is 16.5. The van der Waals surface area contributed by atoms with Gasteiger partial charge in [0.1, 0.15) is 5.82 Å². The number of esters is 1. The van der Waals surface area contributed by atoms with Crippen molar-refractivity contribution in [1.29, 1.82) is 0 Å². The van der Waals surface area contributed by atoms with E-state index in [4.69, 9.17) is 4.74 Å². The van der Waals surface area contributed by atoms with Crippen LogP contribution >= 0.6 is 0 Å². The van der Waals surface area contributed by atoms with Gasteiger partial charge in [-0.15, -0.1) is 10.2 Å². The fraction of sp³-hybridized carbons (Fsp3) is 0.333. The van der Waals surface area contributed by atoms with E-state index in [1.54, 1.807) is 36.4 Å². The SMILES string of the molecule is COC(=O)c1ccccc1NC(=O)c1ccc(NC2CCCC2)nn1. The summed E-state index contributed by atoms with van der Waals surface area (Å²) in [5, 5.41) is 14.0. The predicted molar refractivity (Wildman–Crippen MR) is 93.6 cm³/mol. The van der Waals surface area contributed by atoms with E-state index in [2.05, 4.69) is 20.8 Å². The molecule has 1 aliphatic rings. The molecule has 0 saturated heterocycles. The molecular formula is C18H20N4O3. The van der Waals surface area contributed by atoms with Crippen LogP contribution < -0.4 is 10.6 Å². The van der Waals surface area contributed by atoms with Gasteiger partial charge in [0.25, 0.3) is 5.91 Å². The van der Waals surface area contributed by atoms with E-state index in [0.717, 1.165) is 12.8 Å². The Morgan fingerprint density at radius 3 is 2.52 bits per heavy atom. The van der Waals surface area contributed by atoms with Crippen LogP contribution in [0.25, 0.3) is 0 Å². The molecule has 2 aromatic rings. The highest BCUT2D eigenvalue weighted by Crippen LogP contribution is 2.21. The zero-order valence-electron chi connectivity index (χ0n) is 14.0. The second kappa shape index (κ2) is 7.74. The summed E-state index contributed by atoms with van der Waals surface area (Å²) in [6.45, 7) is 0. The van der Waals surface area contributed by atoms with Crippen molar-refractivity contribution in [2.75, 3.05) is 17.7 Å². The maximum Gasteiger partial charge on any atom is 0.339 e. The molecule has 1 heterocycles. The minimum absolute atomic E-state index is 0.177. The molecule has 7 heteroatoms. The number of para-hydroxylation sites is 1. The van der Waals surface area contributed by atoms with Gasteiger partial charge in [0, 0.05) is 6.04 Å². The number of benzene rings is 1. The molecule has 1 aliphatic carbocycles. The predicted octanol–water partition coefficient (Wildman–Crippen LogP) is 2.87. The van der Waals surface area contributed by atoms with Gasteiger partial charge in [0.15, 0.2) is 5.69 Å². The third-order valence-corrected chi connectivity index (χ3v) is 4.18. The van der Waals surface area contributed by atoms with Crippen molar-refractivity contribution in [3.8, 4) is 0 Å². The molecule has 0 bridgehead atoms. The number of nitrogens with one attached hydrogen (secondary N) is 2. The van der Waals surface area contributed by atoms with Crippen LogP contribution in [0.1, 0.15) is 46.5 Å². The number of carbonyl (C=O) groups excluding carboxylic acids is 2. The highest BCUT2D eigenvalue weighted by Gasteiger charge is 2.17. The van der Waals surface area contributed by atoms with Crippen molar-refractivity contribution in [3.05, 3.63) is 47.7 Å². The number of anilines is 2. The van der Waals surface area contributed by atoms with Crippen LogP contribution in [0.15, 0.2) is 36.4 Å². The molecule has 1 aromatic carbocycles. The van der Waals surface area contributed by atoms with Gasteiger partial charge in [-0.2, -0.15) is 0 Å². The Morgan fingerprint density at radius 2 is 1.84 bits per heavy atom. The van der Waals surface area contributed by atoms with Gasteiger partial charge in [0.2, 0.25) is 0 Å². The lowest BCUT2D eigenvalue weighted by Gasteiger charge is -2.12. The van der Waals surface area contributed by atoms with Gasteiger partial charge >= 0.3 is 5.97 Å². The number of amides is 1. The third kappa shape index (κ3) is 4.12. The molecule has 130 valence electrons. The molecule has 25 heavy (non-hydrogen) atoms. The molecule has 0 aliphatic heterocycles. The van der Waals surface area contributed by atoms with E-state index in [9.17, 15) is 9.59 Å². The van der Waals surface area contributed by atoms with Crippen LogP contribution in [-0.4, -0.2) is 35.2 Å². The molecule has 1 amide bonds. The zero-order chi connectivity index (χ0) is 17.6. The smallest absolute Gasteiger partial charge is 0.339 e. The van der Waals surface area contributed by atoms with Gasteiger partial charge < -0.3 is 15.4 Å². The number of rotatable bonds is 5. The van der Waals surface area contributed by atoms with Crippen LogP contribution in [0, 0.1) is 0 Å². The van der Waals surface area contributed by atoms with Crippen LogP contribution in [0.5, 0.6) is 0 Å². The topological polar surface area (TPSA) is 93.2 Å². The first-order valence-electron chi connectivity index (χ1n) is 8.26. The minimum Gasteiger partial charge on any atom is -0.465 e. The second-order valence-electron chi connectivity index (χ2n) is 5.92. The van der Waals surface area contributed by atoms with E-state index in [1.807, 2.05) is 0 Å². The second-order valence-corrected chi connectivity index (χ2v) is 5.92. The summed E-state index contributed by atoms with van der Waals surface area (Å²) in [4.78, 5) is 24.1. The van der Waals surface area contributed by atoms with Crippen LogP contribution in [0.3, 0.4) is 0 Å². The van der Waals surface area contributed by atoms with Crippen molar-refractivity contribution in [2.45, 2.75) is 31.7 Å².